The summed E-state index contributed by atoms with van der Waals surface area (Å²) >= 11 is 0. The minimum atomic E-state index is 0.518. The molecule has 0 aliphatic carbocycles. The van der Waals surface area contributed by atoms with Crippen LogP contribution < -0.4 is 5.32 Å². The van der Waals surface area contributed by atoms with Crippen molar-refractivity contribution in [2.45, 2.75) is 39.7 Å². The van der Waals surface area contributed by atoms with E-state index in [1.54, 1.807) is 0 Å². The van der Waals surface area contributed by atoms with E-state index in [2.05, 4.69) is 19.2 Å². The lowest BCUT2D eigenvalue weighted by Gasteiger charge is -2.09. The molecule has 2 heteroatoms. The molecule has 0 aromatic carbocycles. The van der Waals surface area contributed by atoms with Gasteiger partial charge in [-0.2, -0.15) is 0 Å². The zero-order valence-electron chi connectivity index (χ0n) is 7.15. The van der Waals surface area contributed by atoms with E-state index in [1.807, 2.05) is 6.92 Å². The molecular formula is C8H18NO. The fourth-order valence-electron chi connectivity index (χ4n) is 0.682. The van der Waals surface area contributed by atoms with Gasteiger partial charge in [0.25, 0.3) is 0 Å². The van der Waals surface area contributed by atoms with Crippen LogP contribution in [-0.4, -0.2) is 17.7 Å². The summed E-state index contributed by atoms with van der Waals surface area (Å²) < 4.78 is 0. The van der Waals surface area contributed by atoms with Crippen molar-refractivity contribution in [2.24, 2.45) is 0 Å². The van der Waals surface area contributed by atoms with E-state index >= 15 is 0 Å². The molecule has 0 aromatic rings. The molecule has 0 rings (SSSR count). The summed E-state index contributed by atoms with van der Waals surface area (Å²) in [6.45, 7) is 7.05. The van der Waals surface area contributed by atoms with Crippen molar-refractivity contribution >= 4 is 0 Å². The largest absolute Gasteiger partial charge is 0.387 e. The van der Waals surface area contributed by atoms with Crippen LogP contribution in [0.5, 0.6) is 0 Å². The predicted octanol–water partition coefficient (Wildman–Crippen LogP) is 1.69. The fourth-order valence-corrected chi connectivity index (χ4v) is 0.682. The Morgan fingerprint density at radius 3 is 2.50 bits per heavy atom. The molecule has 0 unspecified atom stereocenters. The van der Waals surface area contributed by atoms with Gasteiger partial charge in [-0.1, -0.05) is 20.8 Å². The highest BCUT2D eigenvalue weighted by Crippen LogP contribution is 2.03. The van der Waals surface area contributed by atoms with E-state index in [1.165, 1.54) is 0 Å². The fraction of sp³-hybridized carbons (Fsp3) is 0.875. The van der Waals surface area contributed by atoms with Crippen molar-refractivity contribution in [1.82, 2.24) is 5.32 Å². The molecule has 0 aliphatic rings. The number of aliphatic hydroxyl groups is 1. The Labute approximate surface area is 63.6 Å². The second-order valence-corrected chi connectivity index (χ2v) is 2.78. The maximum atomic E-state index is 9.05. The molecule has 0 amide bonds. The van der Waals surface area contributed by atoms with Crippen molar-refractivity contribution in [1.29, 1.82) is 0 Å². The summed E-state index contributed by atoms with van der Waals surface area (Å²) in [7, 11) is 0. The van der Waals surface area contributed by atoms with Crippen LogP contribution >= 0.6 is 0 Å². The minimum Gasteiger partial charge on any atom is -0.387 e. The first-order valence-electron chi connectivity index (χ1n) is 3.93. The Hall–Kier alpha value is -0.0800. The molecule has 10 heavy (non-hydrogen) atoms. The molecule has 0 saturated heterocycles. The second-order valence-electron chi connectivity index (χ2n) is 2.78. The lowest BCUT2D eigenvalue weighted by atomic mass is 10.2. The van der Waals surface area contributed by atoms with Crippen molar-refractivity contribution < 1.29 is 5.11 Å². The summed E-state index contributed by atoms with van der Waals surface area (Å²) in [5, 5.41) is 12.3. The smallest absolute Gasteiger partial charge is 0.0943 e. The van der Waals surface area contributed by atoms with Crippen LogP contribution in [0.25, 0.3) is 0 Å². The number of aliphatic hydroxyl groups excluding tert-OH is 1. The summed E-state index contributed by atoms with van der Waals surface area (Å²) in [6, 6.07) is 0.518. The third-order valence-corrected chi connectivity index (χ3v) is 1.37. The number of rotatable bonds is 5. The van der Waals surface area contributed by atoms with E-state index in [9.17, 15) is 0 Å². The second kappa shape index (κ2) is 5.69. The highest BCUT2D eigenvalue weighted by molar-refractivity contribution is 4.73. The van der Waals surface area contributed by atoms with Gasteiger partial charge in [-0.15, -0.1) is 0 Å². The lowest BCUT2D eigenvalue weighted by Crippen LogP contribution is -2.24. The van der Waals surface area contributed by atoms with Crippen LogP contribution in [0, 0.1) is 6.10 Å². The molecule has 2 nitrogen and oxygen atoms in total. The van der Waals surface area contributed by atoms with Gasteiger partial charge in [0.2, 0.25) is 0 Å². The van der Waals surface area contributed by atoms with Gasteiger partial charge < -0.3 is 10.4 Å². The van der Waals surface area contributed by atoms with Gasteiger partial charge in [-0.25, -0.2) is 0 Å². The summed E-state index contributed by atoms with van der Waals surface area (Å²) in [6.07, 6.45) is 2.15. The highest BCUT2D eigenvalue weighted by atomic mass is 16.3. The molecule has 0 bridgehead atoms. The van der Waals surface area contributed by atoms with Gasteiger partial charge in [-0.3, -0.25) is 0 Å². The van der Waals surface area contributed by atoms with Gasteiger partial charge >= 0.3 is 0 Å². The van der Waals surface area contributed by atoms with Gasteiger partial charge in [0, 0.05) is 6.04 Å². The van der Waals surface area contributed by atoms with Crippen molar-refractivity contribution in [3.63, 3.8) is 0 Å². The Morgan fingerprint density at radius 1 is 1.50 bits per heavy atom. The third kappa shape index (κ3) is 6.05. The average molecular weight is 144 g/mol. The summed E-state index contributed by atoms with van der Waals surface area (Å²) in [4.78, 5) is 0. The summed E-state index contributed by atoms with van der Waals surface area (Å²) in [5.41, 5.74) is 0. The first-order valence-corrected chi connectivity index (χ1v) is 3.93. The molecule has 2 N–H and O–H groups in total. The number of nitrogens with one attached hydrogen (secondary N) is 1. The summed E-state index contributed by atoms with van der Waals surface area (Å²) in [5.74, 6) is 0. The first kappa shape index (κ1) is 9.92. The molecule has 0 aliphatic heterocycles. The van der Waals surface area contributed by atoms with Crippen LogP contribution in [0.15, 0.2) is 0 Å². The zero-order valence-corrected chi connectivity index (χ0v) is 7.15. The third-order valence-electron chi connectivity index (χ3n) is 1.37. The Kier molecular flexibility index (Phi) is 5.64. The van der Waals surface area contributed by atoms with Gasteiger partial charge in [0.05, 0.1) is 6.10 Å². The van der Waals surface area contributed by atoms with Gasteiger partial charge in [-0.05, 0) is 19.4 Å². The van der Waals surface area contributed by atoms with Gasteiger partial charge in [0.1, 0.15) is 0 Å². The molecule has 61 valence electrons. The molecule has 0 fully saturated rings. The minimum absolute atomic E-state index is 0.518. The Balaban J connectivity index is 3.03. The predicted molar refractivity (Wildman–Crippen MR) is 43.2 cm³/mol. The Morgan fingerprint density at radius 2 is 2.10 bits per heavy atom. The van der Waals surface area contributed by atoms with Crippen LogP contribution in [-0.2, 0) is 0 Å². The Bertz CT molecular complexity index is 73.7. The molecular weight excluding hydrogens is 126 g/mol. The van der Waals surface area contributed by atoms with Crippen molar-refractivity contribution in [3.8, 4) is 0 Å². The maximum absolute atomic E-state index is 9.05. The van der Waals surface area contributed by atoms with Crippen LogP contribution in [0.4, 0.5) is 0 Å². The normalized spacial score (nSPS) is 11.4. The number of hydrogen-bond donors (Lipinski definition) is 2. The standard InChI is InChI=1S/C8H18NO/c1-4-8(10)5-6-9-7(2)3/h7,9-10H,4-6H2,1-3H3. The quantitative estimate of drug-likeness (QED) is 0.615. The topological polar surface area (TPSA) is 32.3 Å². The monoisotopic (exact) mass is 144 g/mol. The SMILES string of the molecule is CC[C](O)CCNC(C)C. The molecule has 0 atom stereocenters. The van der Waals surface area contributed by atoms with Crippen molar-refractivity contribution in [2.75, 3.05) is 6.54 Å². The van der Waals surface area contributed by atoms with Crippen LogP contribution in [0.1, 0.15) is 33.6 Å². The molecule has 0 aromatic heterocycles. The molecule has 0 heterocycles. The maximum Gasteiger partial charge on any atom is 0.0943 e. The van der Waals surface area contributed by atoms with E-state index in [-0.39, 0.29) is 0 Å². The van der Waals surface area contributed by atoms with Crippen LogP contribution in [0.2, 0.25) is 0 Å². The molecule has 1 radical (unpaired) electrons. The average Bonchev–Trinajstić information content (AvgIpc) is 1.87. The van der Waals surface area contributed by atoms with E-state index in [0.717, 1.165) is 19.4 Å². The van der Waals surface area contributed by atoms with E-state index < -0.39 is 0 Å². The first-order chi connectivity index (χ1) is 4.66. The van der Waals surface area contributed by atoms with Crippen LogP contribution in [0.3, 0.4) is 0 Å². The van der Waals surface area contributed by atoms with E-state index in [4.69, 9.17) is 5.11 Å². The van der Waals surface area contributed by atoms with E-state index in [0.29, 0.717) is 12.1 Å². The molecule has 0 saturated carbocycles. The number of hydrogen-bond acceptors (Lipinski definition) is 2. The van der Waals surface area contributed by atoms with Crippen molar-refractivity contribution in [3.05, 3.63) is 6.10 Å². The highest BCUT2D eigenvalue weighted by Gasteiger charge is 2.00. The molecule has 0 spiro atoms. The van der Waals surface area contributed by atoms with Gasteiger partial charge in [0.15, 0.2) is 0 Å². The zero-order chi connectivity index (χ0) is 7.98. The lowest BCUT2D eigenvalue weighted by molar-refractivity contribution is 0.270.